The monoisotopic (exact) mass is 478 g/mol. The van der Waals surface area contributed by atoms with Crippen LogP contribution in [0.25, 0.3) is 11.1 Å². The van der Waals surface area contributed by atoms with Gasteiger partial charge >= 0.3 is 12.1 Å². The first kappa shape index (κ1) is 23.4. The minimum Gasteiger partial charge on any atom is -0.481 e. The van der Waals surface area contributed by atoms with Crippen molar-refractivity contribution in [1.82, 2.24) is 10.2 Å². The van der Waals surface area contributed by atoms with Crippen molar-refractivity contribution in [1.29, 1.82) is 0 Å². The van der Waals surface area contributed by atoms with Crippen LogP contribution in [0.5, 0.6) is 0 Å². The van der Waals surface area contributed by atoms with Gasteiger partial charge in [0.05, 0.1) is 5.92 Å². The Morgan fingerprint density at radius 2 is 1.71 bits per heavy atom. The lowest BCUT2D eigenvalue weighted by Crippen LogP contribution is -2.44. The van der Waals surface area contributed by atoms with Gasteiger partial charge in [-0.15, -0.1) is 0 Å². The highest BCUT2D eigenvalue weighted by molar-refractivity contribution is 5.83. The standard InChI is InChI=1S/C27H30N2O6/c1-16-13-29(14-22(16)26(31)32)25(30)24-17(10-11-34-24)12-28-27(33)35-15-23-20-8-4-2-6-18(20)19-7-3-5-9-21(19)23/h2-9,16-17,22-24H,10-15H2,1H3,(H,28,33)(H,31,32)/t16-,17?,22-,24?/m1/s1. The lowest BCUT2D eigenvalue weighted by molar-refractivity contribution is -0.143. The number of fused-ring (bicyclic) bond motifs is 3. The summed E-state index contributed by atoms with van der Waals surface area (Å²) in [7, 11) is 0. The minimum atomic E-state index is -0.881. The van der Waals surface area contributed by atoms with Gasteiger partial charge in [-0.1, -0.05) is 55.5 Å². The molecule has 0 spiro atoms. The molecule has 0 radical (unpaired) electrons. The van der Waals surface area contributed by atoms with Gasteiger partial charge < -0.3 is 24.8 Å². The maximum atomic E-state index is 13.0. The number of aliphatic carboxylic acids is 1. The second-order valence-electron chi connectivity index (χ2n) is 9.71. The molecule has 0 bridgehead atoms. The van der Waals surface area contributed by atoms with Crippen LogP contribution in [0, 0.1) is 17.8 Å². The maximum absolute atomic E-state index is 13.0. The molecule has 2 aliphatic heterocycles. The number of hydrogen-bond acceptors (Lipinski definition) is 5. The molecule has 8 nitrogen and oxygen atoms in total. The molecule has 2 N–H and O–H groups in total. The fourth-order valence-electron chi connectivity index (χ4n) is 5.63. The van der Waals surface area contributed by atoms with Gasteiger partial charge in [-0.3, -0.25) is 9.59 Å². The second-order valence-corrected chi connectivity index (χ2v) is 9.71. The number of amides is 2. The number of rotatable bonds is 6. The summed E-state index contributed by atoms with van der Waals surface area (Å²) in [6.45, 7) is 3.37. The Kier molecular flexibility index (Phi) is 6.47. The Morgan fingerprint density at radius 3 is 2.34 bits per heavy atom. The van der Waals surface area contributed by atoms with Crippen LogP contribution in [-0.4, -0.2) is 66.9 Å². The van der Waals surface area contributed by atoms with E-state index in [1.807, 2.05) is 31.2 Å². The van der Waals surface area contributed by atoms with E-state index in [0.717, 1.165) is 11.1 Å². The predicted molar refractivity (Wildman–Crippen MR) is 128 cm³/mol. The van der Waals surface area contributed by atoms with E-state index in [0.29, 0.717) is 19.6 Å². The van der Waals surface area contributed by atoms with E-state index in [4.69, 9.17) is 9.47 Å². The number of nitrogens with one attached hydrogen (secondary N) is 1. The highest BCUT2D eigenvalue weighted by Crippen LogP contribution is 2.44. The molecule has 2 saturated heterocycles. The molecule has 4 atom stereocenters. The van der Waals surface area contributed by atoms with Crippen LogP contribution in [0.15, 0.2) is 48.5 Å². The summed E-state index contributed by atoms with van der Waals surface area (Å²) in [5, 5.41) is 12.2. The van der Waals surface area contributed by atoms with Crippen molar-refractivity contribution in [3.63, 3.8) is 0 Å². The van der Waals surface area contributed by atoms with Crippen molar-refractivity contribution >= 4 is 18.0 Å². The zero-order chi connectivity index (χ0) is 24.5. The molecule has 184 valence electrons. The van der Waals surface area contributed by atoms with Crippen molar-refractivity contribution in [2.75, 3.05) is 32.8 Å². The van der Waals surface area contributed by atoms with Crippen molar-refractivity contribution in [3.8, 4) is 11.1 Å². The smallest absolute Gasteiger partial charge is 0.407 e. The molecule has 3 aliphatic rings. The Morgan fingerprint density at radius 1 is 1.06 bits per heavy atom. The molecular weight excluding hydrogens is 448 g/mol. The van der Waals surface area contributed by atoms with Crippen molar-refractivity contribution in [2.24, 2.45) is 17.8 Å². The average Bonchev–Trinajstić information content (AvgIpc) is 3.57. The first-order valence-electron chi connectivity index (χ1n) is 12.2. The van der Waals surface area contributed by atoms with Crippen molar-refractivity contribution in [3.05, 3.63) is 59.7 Å². The highest BCUT2D eigenvalue weighted by Gasteiger charge is 2.43. The Hall–Kier alpha value is -3.39. The molecule has 2 heterocycles. The van der Waals surface area contributed by atoms with Gasteiger partial charge in [0, 0.05) is 38.1 Å². The number of carbonyl (C=O) groups excluding carboxylic acids is 2. The SMILES string of the molecule is C[C@@H]1CN(C(=O)C2OCCC2CNC(=O)OCC2c3ccccc3-c3ccccc32)C[C@H]1C(=O)O. The third-order valence-corrected chi connectivity index (χ3v) is 7.55. The summed E-state index contributed by atoms with van der Waals surface area (Å²) in [5.41, 5.74) is 4.64. The highest BCUT2D eigenvalue weighted by atomic mass is 16.5. The number of benzene rings is 2. The number of hydrogen-bond donors (Lipinski definition) is 2. The minimum absolute atomic E-state index is 0.0170. The molecule has 35 heavy (non-hydrogen) atoms. The van der Waals surface area contributed by atoms with E-state index in [1.54, 1.807) is 4.90 Å². The molecule has 1 aliphatic carbocycles. The first-order chi connectivity index (χ1) is 16.9. The van der Waals surface area contributed by atoms with Crippen LogP contribution in [-0.2, 0) is 19.1 Å². The van der Waals surface area contributed by atoms with Crippen LogP contribution < -0.4 is 5.32 Å². The summed E-state index contributed by atoms with van der Waals surface area (Å²) < 4.78 is 11.3. The maximum Gasteiger partial charge on any atom is 0.407 e. The molecule has 2 aromatic rings. The molecule has 2 amide bonds. The van der Waals surface area contributed by atoms with Crippen molar-refractivity contribution < 1.29 is 29.0 Å². The quantitative estimate of drug-likeness (QED) is 0.661. The topological polar surface area (TPSA) is 105 Å². The Labute approximate surface area is 204 Å². The van der Waals surface area contributed by atoms with Gasteiger partial charge in [-0.05, 0) is 34.6 Å². The van der Waals surface area contributed by atoms with E-state index in [9.17, 15) is 19.5 Å². The molecule has 2 aromatic carbocycles. The van der Waals surface area contributed by atoms with E-state index < -0.39 is 24.1 Å². The zero-order valence-electron chi connectivity index (χ0n) is 19.7. The number of alkyl carbamates (subject to hydrolysis) is 1. The fraction of sp³-hybridized carbons (Fsp3) is 0.444. The summed E-state index contributed by atoms with van der Waals surface area (Å²) in [4.78, 5) is 38.5. The predicted octanol–water partition coefficient (Wildman–Crippen LogP) is 3.11. The van der Waals surface area contributed by atoms with E-state index in [2.05, 4.69) is 29.6 Å². The van der Waals surface area contributed by atoms with Crippen LogP contribution in [0.1, 0.15) is 30.4 Å². The van der Waals surface area contributed by atoms with Gasteiger partial charge in [0.2, 0.25) is 0 Å². The number of likely N-dealkylation sites (tertiary alicyclic amines) is 1. The molecule has 2 fully saturated rings. The molecule has 2 unspecified atom stereocenters. The second kappa shape index (κ2) is 9.70. The van der Waals surface area contributed by atoms with Crippen LogP contribution in [0.3, 0.4) is 0 Å². The number of nitrogens with zero attached hydrogens (tertiary/aromatic N) is 1. The molecule has 5 rings (SSSR count). The lowest BCUT2D eigenvalue weighted by atomic mass is 9.98. The fourth-order valence-corrected chi connectivity index (χ4v) is 5.63. The normalized spacial score (nSPS) is 25.2. The van der Waals surface area contributed by atoms with Crippen molar-refractivity contribution in [2.45, 2.75) is 25.4 Å². The molecular formula is C27H30N2O6. The Bertz CT molecular complexity index is 1090. The van der Waals surface area contributed by atoms with E-state index in [-0.39, 0.29) is 43.4 Å². The van der Waals surface area contributed by atoms with Gasteiger partial charge in [0.25, 0.3) is 5.91 Å². The van der Waals surface area contributed by atoms with E-state index >= 15 is 0 Å². The summed E-state index contributed by atoms with van der Waals surface area (Å²) in [6.07, 6.45) is -0.555. The first-order valence-corrected chi connectivity index (χ1v) is 12.2. The average molecular weight is 479 g/mol. The number of carbonyl (C=O) groups is 3. The van der Waals surface area contributed by atoms with Gasteiger partial charge in [-0.2, -0.15) is 0 Å². The van der Waals surface area contributed by atoms with Crippen LogP contribution in [0.2, 0.25) is 0 Å². The van der Waals surface area contributed by atoms with Gasteiger partial charge in [0.15, 0.2) is 0 Å². The number of ether oxygens (including phenoxy) is 2. The molecule has 0 aromatic heterocycles. The number of carboxylic acids is 1. The summed E-state index contributed by atoms with van der Waals surface area (Å²) in [5.74, 6) is -1.93. The van der Waals surface area contributed by atoms with Crippen LogP contribution >= 0.6 is 0 Å². The van der Waals surface area contributed by atoms with Gasteiger partial charge in [-0.25, -0.2) is 4.79 Å². The lowest BCUT2D eigenvalue weighted by Gasteiger charge is -2.24. The number of carboxylic acid groups (broad SMARTS) is 1. The summed E-state index contributed by atoms with van der Waals surface area (Å²) in [6, 6.07) is 16.3. The molecule has 0 saturated carbocycles. The van der Waals surface area contributed by atoms with E-state index in [1.165, 1.54) is 11.1 Å². The summed E-state index contributed by atoms with van der Waals surface area (Å²) >= 11 is 0. The van der Waals surface area contributed by atoms with Gasteiger partial charge in [0.1, 0.15) is 12.7 Å². The van der Waals surface area contributed by atoms with Crippen LogP contribution in [0.4, 0.5) is 4.79 Å². The molecule has 8 heteroatoms. The third-order valence-electron chi connectivity index (χ3n) is 7.55. The zero-order valence-corrected chi connectivity index (χ0v) is 19.7. The third kappa shape index (κ3) is 4.50. The largest absolute Gasteiger partial charge is 0.481 e. The Balaban J connectivity index is 1.15.